The van der Waals surface area contributed by atoms with Gasteiger partial charge in [0.25, 0.3) is 0 Å². The summed E-state index contributed by atoms with van der Waals surface area (Å²) in [6.07, 6.45) is 0. The molecule has 0 amide bonds. The van der Waals surface area contributed by atoms with Crippen molar-refractivity contribution in [1.82, 2.24) is 9.13 Å². The van der Waals surface area contributed by atoms with Crippen LogP contribution in [0.15, 0.2) is 205 Å². The Kier molecular flexibility index (Phi) is 6.75. The van der Waals surface area contributed by atoms with Gasteiger partial charge in [-0.1, -0.05) is 121 Å². The Balaban J connectivity index is 1.16. The number of fused-ring (bicyclic) bond motifs is 14. The van der Waals surface area contributed by atoms with E-state index in [0.29, 0.717) is 0 Å². The van der Waals surface area contributed by atoms with Crippen molar-refractivity contribution in [3.8, 4) is 33.6 Å². The third-order valence-electron chi connectivity index (χ3n) is 12.5. The number of nitrogens with zero attached hydrogens (tertiary/aromatic N) is 3. The molecule has 1 aliphatic heterocycles. The average Bonchev–Trinajstić information content (AvgIpc) is 3.97. The van der Waals surface area contributed by atoms with Crippen LogP contribution in [0.2, 0.25) is 0 Å². The van der Waals surface area contributed by atoms with Gasteiger partial charge in [-0.2, -0.15) is 0 Å². The van der Waals surface area contributed by atoms with Crippen molar-refractivity contribution in [2.75, 3.05) is 4.90 Å². The molecule has 3 aromatic heterocycles. The van der Waals surface area contributed by atoms with Crippen molar-refractivity contribution < 1.29 is 4.42 Å². The number of anilines is 2. The van der Waals surface area contributed by atoms with Crippen LogP contribution >= 0.6 is 0 Å². The summed E-state index contributed by atoms with van der Waals surface area (Å²) < 4.78 is 11.2. The summed E-state index contributed by atoms with van der Waals surface area (Å²) in [6.45, 7) is 0.768. The quantitative estimate of drug-likeness (QED) is 0.179. The first-order valence-electron chi connectivity index (χ1n) is 20.3. The van der Waals surface area contributed by atoms with Gasteiger partial charge in [-0.3, -0.25) is 0 Å². The summed E-state index contributed by atoms with van der Waals surface area (Å²) in [5, 5.41) is 7.24. The Hall–Kier alpha value is -7.82. The molecular weight excluding hydrogens is 719 g/mol. The predicted octanol–water partition coefficient (Wildman–Crippen LogP) is 14.8. The van der Waals surface area contributed by atoms with E-state index in [1.165, 1.54) is 82.8 Å². The second-order valence-corrected chi connectivity index (χ2v) is 15.7. The van der Waals surface area contributed by atoms with Crippen molar-refractivity contribution in [2.45, 2.75) is 6.54 Å². The van der Waals surface area contributed by atoms with E-state index in [1.54, 1.807) is 0 Å². The van der Waals surface area contributed by atoms with Gasteiger partial charge in [-0.05, 0) is 101 Å². The van der Waals surface area contributed by atoms with Crippen LogP contribution in [0.3, 0.4) is 0 Å². The lowest BCUT2D eigenvalue weighted by molar-refractivity contribution is 0.669. The molecule has 1 aliphatic rings. The molecule has 0 bridgehead atoms. The first kappa shape index (κ1) is 32.3. The van der Waals surface area contributed by atoms with Crippen LogP contribution in [0, 0.1) is 0 Å². The number of para-hydroxylation sites is 5. The van der Waals surface area contributed by atoms with Crippen LogP contribution in [0.5, 0.6) is 0 Å². The number of furan rings is 1. The lowest BCUT2D eigenvalue weighted by Gasteiger charge is -2.34. The van der Waals surface area contributed by atoms with Gasteiger partial charge in [0.2, 0.25) is 0 Å². The molecule has 4 heterocycles. The zero-order valence-corrected chi connectivity index (χ0v) is 32.0. The maximum absolute atomic E-state index is 6.24. The van der Waals surface area contributed by atoms with Crippen molar-refractivity contribution in [1.29, 1.82) is 0 Å². The molecule has 0 aliphatic carbocycles. The van der Waals surface area contributed by atoms with Gasteiger partial charge in [0.1, 0.15) is 11.2 Å². The largest absolute Gasteiger partial charge is 0.456 e. The lowest BCUT2D eigenvalue weighted by atomic mass is 9.88. The molecule has 0 unspecified atom stereocenters. The molecule has 4 nitrogen and oxygen atoms in total. The van der Waals surface area contributed by atoms with Crippen molar-refractivity contribution in [2.24, 2.45) is 0 Å². The molecule has 0 spiro atoms. The molecular formula is C55H35N3O. The highest BCUT2D eigenvalue weighted by Crippen LogP contribution is 2.51. The van der Waals surface area contributed by atoms with Crippen LogP contribution in [0.1, 0.15) is 5.56 Å². The van der Waals surface area contributed by atoms with Gasteiger partial charge in [-0.15, -0.1) is 0 Å². The molecule has 59 heavy (non-hydrogen) atoms. The Morgan fingerprint density at radius 2 is 1.00 bits per heavy atom. The molecule has 9 aromatic carbocycles. The minimum atomic E-state index is 0.768. The SMILES string of the molecule is c1ccc(N2Cc3ccc(-c4ccc5oc6ccccc6c5c4)cc3-c3c2ccc2c4ccc5c(c6ccccc6n5-c5ccccc5)c4n(-c4ccccc4)c32)cc1. The number of hydrogen-bond donors (Lipinski definition) is 0. The van der Waals surface area contributed by atoms with E-state index in [4.69, 9.17) is 4.42 Å². The van der Waals surface area contributed by atoms with Gasteiger partial charge >= 0.3 is 0 Å². The van der Waals surface area contributed by atoms with Gasteiger partial charge < -0.3 is 18.5 Å². The van der Waals surface area contributed by atoms with Crippen molar-refractivity contribution in [3.05, 3.63) is 206 Å². The minimum Gasteiger partial charge on any atom is -0.456 e. The van der Waals surface area contributed by atoms with E-state index in [2.05, 4.69) is 202 Å². The average molecular weight is 754 g/mol. The third kappa shape index (κ3) is 4.66. The fraction of sp³-hybridized carbons (Fsp3) is 0.0182. The first-order valence-corrected chi connectivity index (χ1v) is 20.3. The topological polar surface area (TPSA) is 26.2 Å². The highest BCUT2D eigenvalue weighted by molar-refractivity contribution is 6.28. The second-order valence-electron chi connectivity index (χ2n) is 15.7. The lowest BCUT2D eigenvalue weighted by Crippen LogP contribution is -2.22. The highest BCUT2D eigenvalue weighted by Gasteiger charge is 2.30. The summed E-state index contributed by atoms with van der Waals surface area (Å²) in [4.78, 5) is 2.49. The molecule has 0 saturated carbocycles. The van der Waals surface area contributed by atoms with Crippen LogP contribution in [-0.4, -0.2) is 9.13 Å². The molecule has 0 fully saturated rings. The summed E-state index contributed by atoms with van der Waals surface area (Å²) in [5.41, 5.74) is 17.5. The number of benzene rings is 9. The molecule has 0 radical (unpaired) electrons. The molecule has 12 aromatic rings. The first-order chi connectivity index (χ1) is 29.3. The zero-order valence-electron chi connectivity index (χ0n) is 32.0. The standard InChI is InChI=1S/C55H35N3O/c1-4-14-38(15-5-1)56-34-37-25-24-35(36-26-31-51-46(33-36)41-20-11-13-23-50(41)59-51)32-45(37)53-48(56)29-27-42-43-28-30-49-52(54(43)58(55(42)53)40-18-8-3-9-19-40)44-21-10-12-22-47(44)57(49)39-16-6-2-7-17-39/h1-33H,34H2. The highest BCUT2D eigenvalue weighted by atomic mass is 16.3. The molecule has 4 heteroatoms. The Morgan fingerprint density at radius 3 is 1.80 bits per heavy atom. The van der Waals surface area contributed by atoms with Crippen LogP contribution in [0.25, 0.3) is 99.2 Å². The van der Waals surface area contributed by atoms with E-state index in [-0.39, 0.29) is 0 Å². The summed E-state index contributed by atoms with van der Waals surface area (Å²) in [5.74, 6) is 0. The summed E-state index contributed by atoms with van der Waals surface area (Å²) >= 11 is 0. The second kappa shape index (κ2) is 12.3. The molecule has 0 N–H and O–H groups in total. The fourth-order valence-electron chi connectivity index (χ4n) is 9.94. The van der Waals surface area contributed by atoms with E-state index in [9.17, 15) is 0 Å². The van der Waals surface area contributed by atoms with E-state index < -0.39 is 0 Å². The smallest absolute Gasteiger partial charge is 0.135 e. The molecule has 13 rings (SSSR count). The Bertz CT molecular complexity index is 3630. The summed E-state index contributed by atoms with van der Waals surface area (Å²) in [6, 6.07) is 72.8. The Morgan fingerprint density at radius 1 is 0.390 bits per heavy atom. The molecule has 0 saturated heterocycles. The number of rotatable bonds is 4. The number of hydrogen-bond acceptors (Lipinski definition) is 2. The van der Waals surface area contributed by atoms with Crippen LogP contribution < -0.4 is 4.90 Å². The van der Waals surface area contributed by atoms with Crippen molar-refractivity contribution in [3.63, 3.8) is 0 Å². The fourth-order valence-corrected chi connectivity index (χ4v) is 9.94. The minimum absolute atomic E-state index is 0.768. The number of aromatic nitrogens is 2. The van der Waals surface area contributed by atoms with Gasteiger partial charge in [0, 0.05) is 61.5 Å². The van der Waals surface area contributed by atoms with Crippen LogP contribution in [-0.2, 0) is 6.54 Å². The molecule has 276 valence electrons. The van der Waals surface area contributed by atoms with E-state index >= 15 is 0 Å². The maximum atomic E-state index is 6.24. The zero-order chi connectivity index (χ0) is 38.6. The summed E-state index contributed by atoms with van der Waals surface area (Å²) in [7, 11) is 0. The van der Waals surface area contributed by atoms with Crippen LogP contribution in [0.4, 0.5) is 11.4 Å². The van der Waals surface area contributed by atoms with E-state index in [1.807, 2.05) is 12.1 Å². The van der Waals surface area contributed by atoms with Crippen molar-refractivity contribution >= 4 is 76.9 Å². The normalized spacial score (nSPS) is 12.6. The maximum Gasteiger partial charge on any atom is 0.135 e. The third-order valence-corrected chi connectivity index (χ3v) is 12.5. The molecule has 0 atom stereocenters. The Labute approximate surface area is 340 Å². The van der Waals surface area contributed by atoms with Gasteiger partial charge in [0.05, 0.1) is 27.8 Å². The predicted molar refractivity (Wildman–Crippen MR) is 246 cm³/mol. The van der Waals surface area contributed by atoms with Gasteiger partial charge in [0.15, 0.2) is 0 Å². The van der Waals surface area contributed by atoms with Gasteiger partial charge in [-0.25, -0.2) is 0 Å². The van der Waals surface area contributed by atoms with E-state index in [0.717, 1.165) is 39.9 Å². The monoisotopic (exact) mass is 753 g/mol.